The summed E-state index contributed by atoms with van der Waals surface area (Å²) in [6, 6.07) is 11.2. The molecule has 3 rings (SSSR count). The van der Waals surface area contributed by atoms with Crippen molar-refractivity contribution in [2.45, 2.75) is 13.8 Å². The number of aromatic amines is 1. The fraction of sp³-hybridized carbons (Fsp3) is 0.133. The molecule has 0 spiro atoms. The van der Waals surface area contributed by atoms with Crippen LogP contribution in [0.25, 0.3) is 22.4 Å². The molecular weight excluding hydrogens is 260 g/mol. The van der Waals surface area contributed by atoms with Gasteiger partial charge in [-0.1, -0.05) is 0 Å². The van der Waals surface area contributed by atoms with E-state index in [0.717, 1.165) is 22.4 Å². The topological polar surface area (TPSA) is 48.9 Å². The SMILES string of the molecule is Cc1cc2nc(-c3ccc(O)cc3)[nH]c2cc1C.Cl. The number of halogens is 1. The second kappa shape index (κ2) is 4.94. The molecule has 0 bridgehead atoms. The third-order valence-electron chi connectivity index (χ3n) is 3.24. The molecule has 0 amide bonds. The average molecular weight is 275 g/mol. The maximum atomic E-state index is 9.29. The van der Waals surface area contributed by atoms with E-state index in [-0.39, 0.29) is 18.2 Å². The lowest BCUT2D eigenvalue weighted by atomic mass is 10.1. The normalized spacial score (nSPS) is 10.4. The first kappa shape index (κ1) is 13.4. The summed E-state index contributed by atoms with van der Waals surface area (Å²) >= 11 is 0. The molecule has 2 aromatic carbocycles. The molecule has 3 aromatic rings. The van der Waals surface area contributed by atoms with Gasteiger partial charge in [-0.3, -0.25) is 0 Å². The fourth-order valence-corrected chi connectivity index (χ4v) is 2.03. The van der Waals surface area contributed by atoms with Crippen LogP contribution in [0.3, 0.4) is 0 Å². The number of aryl methyl sites for hydroxylation is 2. The highest BCUT2D eigenvalue weighted by atomic mass is 35.5. The lowest BCUT2D eigenvalue weighted by Gasteiger charge is -1.97. The van der Waals surface area contributed by atoms with Crippen molar-refractivity contribution in [1.82, 2.24) is 9.97 Å². The molecule has 19 heavy (non-hydrogen) atoms. The molecule has 0 atom stereocenters. The number of rotatable bonds is 1. The predicted octanol–water partition coefficient (Wildman–Crippen LogP) is 3.97. The standard InChI is InChI=1S/C15H14N2O.ClH/c1-9-7-13-14(8-10(9)2)17-15(16-13)11-3-5-12(18)6-4-11;/h3-8,18H,1-2H3,(H,16,17);1H. The van der Waals surface area contributed by atoms with Crippen LogP contribution in [0.1, 0.15) is 11.1 Å². The minimum absolute atomic E-state index is 0. The summed E-state index contributed by atoms with van der Waals surface area (Å²) in [5.74, 6) is 1.09. The van der Waals surface area contributed by atoms with E-state index in [1.165, 1.54) is 11.1 Å². The third kappa shape index (κ3) is 2.42. The number of nitrogens with one attached hydrogen (secondary N) is 1. The van der Waals surface area contributed by atoms with Gasteiger partial charge in [-0.25, -0.2) is 4.98 Å². The molecule has 0 saturated carbocycles. The van der Waals surface area contributed by atoms with E-state index in [1.54, 1.807) is 12.1 Å². The van der Waals surface area contributed by atoms with Crippen LogP contribution in [0.4, 0.5) is 0 Å². The molecule has 98 valence electrons. The van der Waals surface area contributed by atoms with Crippen molar-refractivity contribution < 1.29 is 5.11 Å². The number of benzene rings is 2. The Balaban J connectivity index is 0.00000133. The Hall–Kier alpha value is -2.00. The van der Waals surface area contributed by atoms with Gasteiger partial charge in [0, 0.05) is 5.56 Å². The van der Waals surface area contributed by atoms with Crippen LogP contribution in [0.5, 0.6) is 5.75 Å². The number of hydrogen-bond acceptors (Lipinski definition) is 2. The molecule has 0 aliphatic heterocycles. The largest absolute Gasteiger partial charge is 0.508 e. The number of imidazole rings is 1. The van der Waals surface area contributed by atoms with E-state index in [2.05, 4.69) is 35.9 Å². The molecule has 3 nitrogen and oxygen atoms in total. The van der Waals surface area contributed by atoms with E-state index in [0.29, 0.717) is 0 Å². The number of phenolic OH excluding ortho intramolecular Hbond substituents is 1. The van der Waals surface area contributed by atoms with Gasteiger partial charge in [-0.2, -0.15) is 0 Å². The van der Waals surface area contributed by atoms with Crippen molar-refractivity contribution in [3.63, 3.8) is 0 Å². The molecule has 0 fully saturated rings. The Morgan fingerprint density at radius 1 is 1.00 bits per heavy atom. The summed E-state index contributed by atoms with van der Waals surface area (Å²) in [7, 11) is 0. The number of nitrogens with zero attached hydrogens (tertiary/aromatic N) is 1. The zero-order valence-electron chi connectivity index (χ0n) is 10.8. The zero-order valence-corrected chi connectivity index (χ0v) is 11.6. The summed E-state index contributed by atoms with van der Waals surface area (Å²) < 4.78 is 0. The highest BCUT2D eigenvalue weighted by molar-refractivity contribution is 5.85. The van der Waals surface area contributed by atoms with Gasteiger partial charge in [0.1, 0.15) is 11.6 Å². The first-order chi connectivity index (χ1) is 8.63. The van der Waals surface area contributed by atoms with E-state index in [4.69, 9.17) is 0 Å². The fourth-order valence-electron chi connectivity index (χ4n) is 2.03. The average Bonchev–Trinajstić information content (AvgIpc) is 2.73. The summed E-state index contributed by atoms with van der Waals surface area (Å²) in [6.07, 6.45) is 0. The van der Waals surface area contributed by atoms with Crippen LogP contribution in [0, 0.1) is 13.8 Å². The number of aromatic nitrogens is 2. The number of aromatic hydroxyl groups is 1. The second-order valence-corrected chi connectivity index (χ2v) is 4.59. The van der Waals surface area contributed by atoms with Gasteiger partial charge in [0.25, 0.3) is 0 Å². The molecule has 0 saturated heterocycles. The molecule has 1 heterocycles. The van der Waals surface area contributed by atoms with Crippen LogP contribution in [0.2, 0.25) is 0 Å². The Morgan fingerprint density at radius 2 is 1.63 bits per heavy atom. The summed E-state index contributed by atoms with van der Waals surface area (Å²) in [5, 5.41) is 9.29. The Bertz CT molecular complexity index is 678. The zero-order chi connectivity index (χ0) is 12.7. The van der Waals surface area contributed by atoms with Crippen LogP contribution < -0.4 is 0 Å². The number of H-pyrrole nitrogens is 1. The van der Waals surface area contributed by atoms with E-state index >= 15 is 0 Å². The van der Waals surface area contributed by atoms with Crippen molar-refractivity contribution in [1.29, 1.82) is 0 Å². The molecule has 0 aliphatic rings. The first-order valence-corrected chi connectivity index (χ1v) is 5.90. The van der Waals surface area contributed by atoms with Crippen LogP contribution >= 0.6 is 12.4 Å². The molecular formula is C15H15ClN2O. The predicted molar refractivity (Wildman–Crippen MR) is 79.9 cm³/mol. The monoisotopic (exact) mass is 274 g/mol. The molecule has 0 radical (unpaired) electrons. The Labute approximate surface area is 117 Å². The van der Waals surface area contributed by atoms with Gasteiger partial charge in [0.15, 0.2) is 0 Å². The molecule has 0 unspecified atom stereocenters. The molecule has 2 N–H and O–H groups in total. The minimum atomic E-state index is 0. The van der Waals surface area contributed by atoms with Crippen molar-refractivity contribution >= 4 is 23.4 Å². The van der Waals surface area contributed by atoms with Crippen LogP contribution in [0.15, 0.2) is 36.4 Å². The minimum Gasteiger partial charge on any atom is -0.508 e. The summed E-state index contributed by atoms with van der Waals surface area (Å²) in [5.41, 5.74) is 5.48. The molecule has 0 aliphatic carbocycles. The second-order valence-electron chi connectivity index (χ2n) is 4.59. The maximum Gasteiger partial charge on any atom is 0.138 e. The van der Waals surface area contributed by atoms with Crippen molar-refractivity contribution in [3.05, 3.63) is 47.5 Å². The van der Waals surface area contributed by atoms with Crippen LogP contribution in [-0.4, -0.2) is 15.1 Å². The Morgan fingerprint density at radius 3 is 2.32 bits per heavy atom. The third-order valence-corrected chi connectivity index (χ3v) is 3.24. The van der Waals surface area contributed by atoms with E-state index < -0.39 is 0 Å². The van der Waals surface area contributed by atoms with Crippen LogP contribution in [-0.2, 0) is 0 Å². The molecule has 4 heteroatoms. The number of phenols is 1. The first-order valence-electron chi connectivity index (χ1n) is 5.90. The number of hydrogen-bond donors (Lipinski definition) is 2. The van der Waals surface area contributed by atoms with Gasteiger partial charge < -0.3 is 10.1 Å². The lowest BCUT2D eigenvalue weighted by molar-refractivity contribution is 0.475. The number of fused-ring (bicyclic) bond motifs is 1. The quantitative estimate of drug-likeness (QED) is 0.705. The van der Waals surface area contributed by atoms with Crippen molar-refractivity contribution in [2.24, 2.45) is 0 Å². The van der Waals surface area contributed by atoms with Gasteiger partial charge >= 0.3 is 0 Å². The summed E-state index contributed by atoms with van der Waals surface area (Å²) in [6.45, 7) is 4.18. The highest BCUT2D eigenvalue weighted by Crippen LogP contribution is 2.24. The maximum absolute atomic E-state index is 9.29. The van der Waals surface area contributed by atoms with E-state index in [9.17, 15) is 5.11 Å². The lowest BCUT2D eigenvalue weighted by Crippen LogP contribution is -1.79. The smallest absolute Gasteiger partial charge is 0.138 e. The van der Waals surface area contributed by atoms with Gasteiger partial charge in [0.05, 0.1) is 11.0 Å². The van der Waals surface area contributed by atoms with Gasteiger partial charge in [-0.15, -0.1) is 12.4 Å². The molecule has 1 aromatic heterocycles. The van der Waals surface area contributed by atoms with Gasteiger partial charge in [0.2, 0.25) is 0 Å². The van der Waals surface area contributed by atoms with E-state index in [1.807, 2.05) is 12.1 Å². The van der Waals surface area contributed by atoms with Crippen molar-refractivity contribution in [3.8, 4) is 17.1 Å². The van der Waals surface area contributed by atoms with Crippen molar-refractivity contribution in [2.75, 3.05) is 0 Å². The summed E-state index contributed by atoms with van der Waals surface area (Å²) in [4.78, 5) is 7.88. The highest BCUT2D eigenvalue weighted by Gasteiger charge is 2.06. The van der Waals surface area contributed by atoms with Gasteiger partial charge in [-0.05, 0) is 61.4 Å². The Kier molecular flexibility index (Phi) is 3.49.